The Morgan fingerprint density at radius 3 is 2.75 bits per heavy atom. The summed E-state index contributed by atoms with van der Waals surface area (Å²) in [4.78, 5) is 11.9. The monoisotopic (exact) mass is 331 g/mol. The number of halogens is 1. The molecule has 1 aromatic carbocycles. The zero-order chi connectivity index (χ0) is 11.4. The van der Waals surface area contributed by atoms with Gasteiger partial charge in [-0.2, -0.15) is 0 Å². The molecule has 1 aromatic rings. The van der Waals surface area contributed by atoms with Crippen LogP contribution in [-0.2, 0) is 9.53 Å². The number of rotatable bonds is 2. The number of hydrogen-bond acceptors (Lipinski definition) is 2. The molecule has 0 spiro atoms. The third kappa shape index (κ3) is 3.18. The molecule has 1 N–H and O–H groups in total. The van der Waals surface area contributed by atoms with Crippen molar-refractivity contribution in [3.8, 4) is 0 Å². The lowest BCUT2D eigenvalue weighted by atomic mass is 10.0. The van der Waals surface area contributed by atoms with Gasteiger partial charge in [0.05, 0.1) is 12.5 Å². The van der Waals surface area contributed by atoms with Gasteiger partial charge in [-0.1, -0.05) is 0 Å². The van der Waals surface area contributed by atoms with Gasteiger partial charge in [0.2, 0.25) is 5.91 Å². The summed E-state index contributed by atoms with van der Waals surface area (Å²) in [5.74, 6) is 0.0777. The fourth-order valence-electron chi connectivity index (χ4n) is 1.73. The second-order valence-corrected chi connectivity index (χ2v) is 5.16. The lowest BCUT2D eigenvalue weighted by Crippen LogP contribution is -2.30. The Kier molecular flexibility index (Phi) is 4.17. The first-order valence-corrected chi connectivity index (χ1v) is 6.48. The van der Waals surface area contributed by atoms with Crippen LogP contribution in [0, 0.1) is 9.49 Å². The second-order valence-electron chi connectivity index (χ2n) is 3.91. The summed E-state index contributed by atoms with van der Waals surface area (Å²) in [6.07, 6.45) is 1.90. The summed E-state index contributed by atoms with van der Waals surface area (Å²) in [5, 5.41) is 2.92. The van der Waals surface area contributed by atoms with Crippen molar-refractivity contribution in [2.75, 3.05) is 18.5 Å². The molecule has 16 heavy (non-hydrogen) atoms. The van der Waals surface area contributed by atoms with Crippen LogP contribution in [0.2, 0.25) is 0 Å². The molecule has 1 heterocycles. The number of benzene rings is 1. The molecule has 0 bridgehead atoms. The topological polar surface area (TPSA) is 38.3 Å². The Hall–Kier alpha value is -0.620. The SMILES string of the molecule is O=C(Nc1ccc(I)cc1)C1CCCOC1. The first kappa shape index (κ1) is 11.9. The molecule has 3 nitrogen and oxygen atoms in total. The predicted molar refractivity (Wildman–Crippen MR) is 71.3 cm³/mol. The summed E-state index contributed by atoms with van der Waals surface area (Å²) < 4.78 is 6.46. The molecule has 0 aromatic heterocycles. The van der Waals surface area contributed by atoms with Crippen LogP contribution in [0.25, 0.3) is 0 Å². The van der Waals surface area contributed by atoms with E-state index in [0.29, 0.717) is 6.61 Å². The fraction of sp³-hybridized carbons (Fsp3) is 0.417. The molecule has 0 aliphatic carbocycles. The molecule has 1 aliphatic rings. The van der Waals surface area contributed by atoms with Crippen LogP contribution in [0.4, 0.5) is 5.69 Å². The fourth-order valence-corrected chi connectivity index (χ4v) is 2.08. The van der Waals surface area contributed by atoms with Crippen LogP contribution in [0.3, 0.4) is 0 Å². The van der Waals surface area contributed by atoms with E-state index in [1.807, 2.05) is 24.3 Å². The minimum atomic E-state index is 0.00743. The highest BCUT2D eigenvalue weighted by Crippen LogP contribution is 2.17. The summed E-state index contributed by atoms with van der Waals surface area (Å²) in [6.45, 7) is 1.34. The first-order chi connectivity index (χ1) is 7.75. The van der Waals surface area contributed by atoms with E-state index >= 15 is 0 Å². The van der Waals surface area contributed by atoms with Crippen LogP contribution >= 0.6 is 22.6 Å². The lowest BCUT2D eigenvalue weighted by molar-refractivity contribution is -0.123. The van der Waals surface area contributed by atoms with Gasteiger partial charge in [0.25, 0.3) is 0 Å². The van der Waals surface area contributed by atoms with Gasteiger partial charge in [0, 0.05) is 15.9 Å². The molecule has 1 saturated heterocycles. The molecule has 1 atom stereocenters. The lowest BCUT2D eigenvalue weighted by Gasteiger charge is -2.21. The molecule has 0 saturated carbocycles. The van der Waals surface area contributed by atoms with E-state index in [9.17, 15) is 4.79 Å². The highest BCUT2D eigenvalue weighted by Gasteiger charge is 2.21. The van der Waals surface area contributed by atoms with Gasteiger partial charge in [-0.05, 0) is 59.7 Å². The van der Waals surface area contributed by atoms with Gasteiger partial charge in [0.15, 0.2) is 0 Å². The standard InChI is InChI=1S/C12H14INO2/c13-10-3-5-11(6-4-10)14-12(15)9-2-1-7-16-8-9/h3-6,9H,1-2,7-8H2,(H,14,15). The molecular formula is C12H14INO2. The summed E-state index contributed by atoms with van der Waals surface area (Å²) >= 11 is 2.24. The Balaban J connectivity index is 1.93. The van der Waals surface area contributed by atoms with E-state index < -0.39 is 0 Å². The van der Waals surface area contributed by atoms with Gasteiger partial charge in [0.1, 0.15) is 0 Å². The normalized spacial score (nSPS) is 20.4. The molecule has 1 amide bonds. The van der Waals surface area contributed by atoms with Crippen molar-refractivity contribution in [1.29, 1.82) is 0 Å². The van der Waals surface area contributed by atoms with Crippen LogP contribution < -0.4 is 5.32 Å². The summed E-state index contributed by atoms with van der Waals surface area (Å²) in [5.41, 5.74) is 0.857. The van der Waals surface area contributed by atoms with Crippen LogP contribution in [0.5, 0.6) is 0 Å². The average molecular weight is 331 g/mol. The second kappa shape index (κ2) is 5.63. The Morgan fingerprint density at radius 2 is 2.12 bits per heavy atom. The minimum Gasteiger partial charge on any atom is -0.381 e. The highest BCUT2D eigenvalue weighted by atomic mass is 127. The third-order valence-electron chi connectivity index (χ3n) is 2.64. The van der Waals surface area contributed by atoms with Crippen molar-refractivity contribution < 1.29 is 9.53 Å². The van der Waals surface area contributed by atoms with E-state index in [0.717, 1.165) is 28.7 Å². The number of carbonyl (C=O) groups is 1. The Bertz CT molecular complexity index is 358. The number of hydrogen-bond donors (Lipinski definition) is 1. The maximum atomic E-state index is 11.9. The van der Waals surface area contributed by atoms with Crippen molar-refractivity contribution in [2.24, 2.45) is 5.92 Å². The molecule has 2 rings (SSSR count). The van der Waals surface area contributed by atoms with Gasteiger partial charge >= 0.3 is 0 Å². The zero-order valence-electron chi connectivity index (χ0n) is 8.91. The number of ether oxygens (including phenoxy) is 1. The maximum absolute atomic E-state index is 11.9. The smallest absolute Gasteiger partial charge is 0.229 e. The molecule has 1 fully saturated rings. The van der Waals surface area contributed by atoms with Crippen molar-refractivity contribution in [1.82, 2.24) is 0 Å². The Labute approximate surface area is 109 Å². The molecule has 4 heteroatoms. The van der Waals surface area contributed by atoms with Crippen molar-refractivity contribution >= 4 is 34.2 Å². The number of carbonyl (C=O) groups excluding carboxylic acids is 1. The average Bonchev–Trinajstić information content (AvgIpc) is 2.33. The van der Waals surface area contributed by atoms with Crippen LogP contribution in [0.15, 0.2) is 24.3 Å². The van der Waals surface area contributed by atoms with Gasteiger partial charge < -0.3 is 10.1 Å². The van der Waals surface area contributed by atoms with E-state index in [4.69, 9.17) is 4.74 Å². The van der Waals surface area contributed by atoms with Gasteiger partial charge in [-0.15, -0.1) is 0 Å². The predicted octanol–water partition coefficient (Wildman–Crippen LogP) is 2.66. The van der Waals surface area contributed by atoms with Crippen molar-refractivity contribution in [3.63, 3.8) is 0 Å². The molecular weight excluding hydrogens is 317 g/mol. The molecule has 1 unspecified atom stereocenters. The van der Waals surface area contributed by atoms with E-state index in [1.165, 1.54) is 0 Å². The Morgan fingerprint density at radius 1 is 1.38 bits per heavy atom. The van der Waals surface area contributed by atoms with Gasteiger partial charge in [-0.3, -0.25) is 4.79 Å². The van der Waals surface area contributed by atoms with E-state index in [-0.39, 0.29) is 11.8 Å². The minimum absolute atomic E-state index is 0.00743. The zero-order valence-corrected chi connectivity index (χ0v) is 11.1. The maximum Gasteiger partial charge on any atom is 0.229 e. The number of anilines is 1. The summed E-state index contributed by atoms with van der Waals surface area (Å²) in [7, 11) is 0. The third-order valence-corrected chi connectivity index (χ3v) is 3.36. The van der Waals surface area contributed by atoms with Crippen molar-refractivity contribution in [3.05, 3.63) is 27.8 Å². The molecule has 0 radical (unpaired) electrons. The largest absolute Gasteiger partial charge is 0.381 e. The van der Waals surface area contributed by atoms with E-state index in [2.05, 4.69) is 27.9 Å². The van der Waals surface area contributed by atoms with E-state index in [1.54, 1.807) is 0 Å². The quantitative estimate of drug-likeness (QED) is 0.846. The van der Waals surface area contributed by atoms with Crippen molar-refractivity contribution in [2.45, 2.75) is 12.8 Å². The van der Waals surface area contributed by atoms with Gasteiger partial charge in [-0.25, -0.2) is 0 Å². The van der Waals surface area contributed by atoms with Crippen LogP contribution in [0.1, 0.15) is 12.8 Å². The molecule has 86 valence electrons. The highest BCUT2D eigenvalue weighted by molar-refractivity contribution is 14.1. The number of amides is 1. The summed E-state index contributed by atoms with van der Waals surface area (Å²) in [6, 6.07) is 7.80. The van der Waals surface area contributed by atoms with Crippen LogP contribution in [-0.4, -0.2) is 19.1 Å². The first-order valence-electron chi connectivity index (χ1n) is 5.40. The number of nitrogens with one attached hydrogen (secondary N) is 1. The molecule has 1 aliphatic heterocycles.